The van der Waals surface area contributed by atoms with E-state index in [1.54, 1.807) is 0 Å². The van der Waals surface area contributed by atoms with Crippen LogP contribution in [0, 0.1) is 0 Å². The summed E-state index contributed by atoms with van der Waals surface area (Å²) in [6.07, 6.45) is 10.1. The van der Waals surface area contributed by atoms with Gasteiger partial charge in [-0.2, -0.15) is 5.10 Å². The van der Waals surface area contributed by atoms with Crippen LogP contribution in [0.3, 0.4) is 0 Å². The Balaban J connectivity index is 1.29. The first kappa shape index (κ1) is 22.2. The lowest BCUT2D eigenvalue weighted by molar-refractivity contribution is 0.0527. The molecule has 32 heavy (non-hydrogen) atoms. The standard InChI is InChI=1S/C25H33N5O2/c1-25(2,3)32-24(31)26-14-8-4-5-9-15-30-23(18-12-13-18)19(16-28-30)22-17-27-20-10-6-7-11-21(20)29-22/h6-7,10-11,16-18H,4-5,8-9,12-15H2,1-3H3,(H,26,31). The number of alkyl carbamates (subject to hydrolysis) is 1. The van der Waals surface area contributed by atoms with E-state index in [0.29, 0.717) is 12.5 Å². The van der Waals surface area contributed by atoms with Crippen LogP contribution < -0.4 is 5.32 Å². The molecule has 1 saturated carbocycles. The lowest BCUT2D eigenvalue weighted by atomic mass is 10.1. The lowest BCUT2D eigenvalue weighted by Crippen LogP contribution is -2.32. The monoisotopic (exact) mass is 435 g/mol. The summed E-state index contributed by atoms with van der Waals surface area (Å²) in [6.45, 7) is 7.17. The zero-order valence-corrected chi connectivity index (χ0v) is 19.3. The van der Waals surface area contributed by atoms with Crippen molar-refractivity contribution < 1.29 is 9.53 Å². The normalized spacial score (nSPS) is 14.0. The molecule has 1 N–H and O–H groups in total. The Labute approximate surface area is 189 Å². The summed E-state index contributed by atoms with van der Waals surface area (Å²) in [5, 5.41) is 7.52. The zero-order chi connectivity index (χ0) is 22.6. The Morgan fingerprint density at radius 3 is 2.59 bits per heavy atom. The minimum Gasteiger partial charge on any atom is -0.444 e. The summed E-state index contributed by atoms with van der Waals surface area (Å²) >= 11 is 0. The van der Waals surface area contributed by atoms with Gasteiger partial charge in [0.05, 0.1) is 34.8 Å². The van der Waals surface area contributed by atoms with Gasteiger partial charge in [-0.15, -0.1) is 0 Å². The van der Waals surface area contributed by atoms with E-state index >= 15 is 0 Å². The number of carbonyl (C=O) groups excluding carboxylic acids is 1. The van der Waals surface area contributed by atoms with Crippen LogP contribution in [-0.4, -0.2) is 38.0 Å². The largest absolute Gasteiger partial charge is 0.444 e. The molecular formula is C25H33N5O2. The number of carbonyl (C=O) groups is 1. The molecule has 2 heterocycles. The minimum absolute atomic E-state index is 0.340. The van der Waals surface area contributed by atoms with Gasteiger partial charge in [0.25, 0.3) is 0 Å². The van der Waals surface area contributed by atoms with Crippen LogP contribution in [0.5, 0.6) is 0 Å². The second-order valence-corrected chi connectivity index (χ2v) is 9.53. The van der Waals surface area contributed by atoms with Crippen molar-refractivity contribution in [3.8, 4) is 11.3 Å². The number of aromatic nitrogens is 4. The molecule has 170 valence electrons. The van der Waals surface area contributed by atoms with Gasteiger partial charge in [-0.05, 0) is 58.6 Å². The van der Waals surface area contributed by atoms with Gasteiger partial charge in [0.15, 0.2) is 0 Å². The molecule has 7 heteroatoms. The molecule has 0 atom stereocenters. The van der Waals surface area contributed by atoms with E-state index in [-0.39, 0.29) is 6.09 Å². The van der Waals surface area contributed by atoms with Gasteiger partial charge in [-0.25, -0.2) is 9.78 Å². The molecule has 1 amide bonds. The summed E-state index contributed by atoms with van der Waals surface area (Å²) in [7, 11) is 0. The summed E-state index contributed by atoms with van der Waals surface area (Å²) < 4.78 is 7.43. The number of para-hydroxylation sites is 2. The van der Waals surface area contributed by atoms with E-state index in [1.165, 1.54) is 18.5 Å². The molecule has 2 aromatic heterocycles. The molecule has 0 bridgehead atoms. The predicted molar refractivity (Wildman–Crippen MR) is 125 cm³/mol. The highest BCUT2D eigenvalue weighted by molar-refractivity contribution is 5.77. The Bertz CT molecular complexity index is 1070. The Morgan fingerprint density at radius 1 is 1.09 bits per heavy atom. The molecule has 1 aromatic carbocycles. The summed E-state index contributed by atoms with van der Waals surface area (Å²) in [5.41, 5.74) is 4.71. The van der Waals surface area contributed by atoms with Crippen molar-refractivity contribution in [2.24, 2.45) is 0 Å². The second kappa shape index (κ2) is 9.67. The number of fused-ring (bicyclic) bond motifs is 1. The summed E-state index contributed by atoms with van der Waals surface area (Å²) in [6, 6.07) is 7.97. The number of ether oxygens (including phenoxy) is 1. The van der Waals surface area contributed by atoms with Crippen molar-refractivity contribution in [1.29, 1.82) is 0 Å². The molecule has 0 spiro atoms. The van der Waals surface area contributed by atoms with Crippen LogP contribution in [0.15, 0.2) is 36.7 Å². The predicted octanol–water partition coefficient (Wildman–Crippen LogP) is 5.46. The fourth-order valence-corrected chi connectivity index (χ4v) is 3.89. The minimum atomic E-state index is -0.454. The van der Waals surface area contributed by atoms with Crippen LogP contribution in [0.4, 0.5) is 4.79 Å². The maximum atomic E-state index is 11.7. The fraction of sp³-hybridized carbons (Fsp3) is 0.520. The van der Waals surface area contributed by atoms with Crippen molar-refractivity contribution in [2.75, 3.05) is 6.54 Å². The van der Waals surface area contributed by atoms with Gasteiger partial charge in [-0.1, -0.05) is 25.0 Å². The highest BCUT2D eigenvalue weighted by Crippen LogP contribution is 2.44. The van der Waals surface area contributed by atoms with Crippen molar-refractivity contribution in [3.05, 3.63) is 42.4 Å². The maximum absolute atomic E-state index is 11.7. The molecule has 1 aliphatic carbocycles. The van der Waals surface area contributed by atoms with Gasteiger partial charge in [0.2, 0.25) is 0 Å². The number of benzene rings is 1. The Morgan fingerprint density at radius 2 is 1.84 bits per heavy atom. The first-order valence-electron chi connectivity index (χ1n) is 11.7. The zero-order valence-electron chi connectivity index (χ0n) is 19.3. The van der Waals surface area contributed by atoms with Gasteiger partial charge in [0.1, 0.15) is 5.60 Å². The molecule has 1 fully saturated rings. The van der Waals surface area contributed by atoms with Crippen molar-refractivity contribution >= 4 is 17.1 Å². The third-order valence-corrected chi connectivity index (χ3v) is 5.53. The quantitative estimate of drug-likeness (QED) is 0.452. The lowest BCUT2D eigenvalue weighted by Gasteiger charge is -2.19. The smallest absolute Gasteiger partial charge is 0.407 e. The fourth-order valence-electron chi connectivity index (χ4n) is 3.89. The number of rotatable bonds is 9. The summed E-state index contributed by atoms with van der Waals surface area (Å²) in [5.74, 6) is 0.582. The number of unbranched alkanes of at least 4 members (excludes halogenated alkanes) is 3. The number of hydrogen-bond donors (Lipinski definition) is 1. The topological polar surface area (TPSA) is 81.9 Å². The number of amides is 1. The molecule has 4 rings (SSSR count). The van der Waals surface area contributed by atoms with E-state index in [9.17, 15) is 4.79 Å². The SMILES string of the molecule is CC(C)(C)OC(=O)NCCCCCCn1ncc(-c2cnc3ccccc3n2)c1C1CC1. The van der Waals surface area contributed by atoms with Crippen LogP contribution in [-0.2, 0) is 11.3 Å². The van der Waals surface area contributed by atoms with Gasteiger partial charge in [0, 0.05) is 24.6 Å². The first-order chi connectivity index (χ1) is 15.4. The molecule has 0 aliphatic heterocycles. The molecular weight excluding hydrogens is 402 g/mol. The van der Waals surface area contributed by atoms with Crippen molar-refractivity contribution in [3.63, 3.8) is 0 Å². The molecule has 7 nitrogen and oxygen atoms in total. The van der Waals surface area contributed by atoms with Crippen LogP contribution >= 0.6 is 0 Å². The van der Waals surface area contributed by atoms with Crippen LogP contribution in [0.1, 0.15) is 70.9 Å². The second-order valence-electron chi connectivity index (χ2n) is 9.53. The maximum Gasteiger partial charge on any atom is 0.407 e. The van der Waals surface area contributed by atoms with E-state index in [0.717, 1.165) is 54.5 Å². The van der Waals surface area contributed by atoms with Gasteiger partial charge in [-0.3, -0.25) is 9.67 Å². The number of hydrogen-bond acceptors (Lipinski definition) is 5. The van der Waals surface area contributed by atoms with Gasteiger partial charge < -0.3 is 10.1 Å². The molecule has 0 unspecified atom stereocenters. The highest BCUT2D eigenvalue weighted by atomic mass is 16.6. The molecule has 0 saturated heterocycles. The van der Waals surface area contributed by atoms with Gasteiger partial charge >= 0.3 is 6.09 Å². The molecule has 1 aliphatic rings. The Kier molecular flexibility index (Phi) is 6.72. The number of nitrogens with one attached hydrogen (secondary N) is 1. The third kappa shape index (κ3) is 5.84. The first-order valence-corrected chi connectivity index (χ1v) is 11.7. The van der Waals surface area contributed by atoms with E-state index in [4.69, 9.17) is 14.8 Å². The summed E-state index contributed by atoms with van der Waals surface area (Å²) in [4.78, 5) is 21.1. The van der Waals surface area contributed by atoms with Crippen LogP contribution in [0.2, 0.25) is 0 Å². The van der Waals surface area contributed by atoms with Crippen LogP contribution in [0.25, 0.3) is 22.3 Å². The average Bonchev–Trinajstić information content (AvgIpc) is 3.50. The van der Waals surface area contributed by atoms with E-state index in [2.05, 4.69) is 15.0 Å². The third-order valence-electron chi connectivity index (χ3n) is 5.53. The molecule has 0 radical (unpaired) electrons. The number of nitrogens with zero attached hydrogens (tertiary/aromatic N) is 4. The van der Waals surface area contributed by atoms with E-state index < -0.39 is 5.60 Å². The van der Waals surface area contributed by atoms with E-state index in [1.807, 2.05) is 57.4 Å². The average molecular weight is 436 g/mol. The van der Waals surface area contributed by atoms with Crippen molar-refractivity contribution in [2.45, 2.75) is 77.4 Å². The highest BCUT2D eigenvalue weighted by Gasteiger charge is 2.31. The molecule has 3 aromatic rings. The van der Waals surface area contributed by atoms with Crippen molar-refractivity contribution in [1.82, 2.24) is 25.1 Å². The Hall–Kier alpha value is -2.96. The number of aryl methyl sites for hydroxylation is 1.